The minimum Gasteiger partial charge on any atom is -0.334 e. The van der Waals surface area contributed by atoms with Gasteiger partial charge < -0.3 is 4.90 Å². The zero-order valence-electron chi connectivity index (χ0n) is 7.79. The number of hydrogen-bond donors (Lipinski definition) is 0. The summed E-state index contributed by atoms with van der Waals surface area (Å²) in [4.78, 5) is 14.5. The average Bonchev–Trinajstić information content (AvgIpc) is 2.66. The van der Waals surface area contributed by atoms with Gasteiger partial charge in [0.15, 0.2) is 0 Å². The smallest absolute Gasteiger partial charge is 0.249 e. The molecule has 74 valence electrons. The number of carbonyl (C=O) groups is 1. The zero-order valence-corrected chi connectivity index (χ0v) is 10.2. The Morgan fingerprint density at radius 1 is 1.64 bits per heavy atom. The van der Waals surface area contributed by atoms with E-state index in [1.165, 1.54) is 4.88 Å². The molecule has 14 heavy (non-hydrogen) atoms. The lowest BCUT2D eigenvalue weighted by Gasteiger charge is -2.17. The number of likely N-dealkylation sites (N-methyl/N-ethyl adjacent to an activating group) is 1. The van der Waals surface area contributed by atoms with Crippen molar-refractivity contribution in [3.8, 4) is 0 Å². The van der Waals surface area contributed by atoms with Crippen LogP contribution in [0.2, 0.25) is 0 Å². The normalized spacial score (nSPS) is 22.1. The van der Waals surface area contributed by atoms with E-state index in [0.717, 1.165) is 10.2 Å². The average molecular weight is 272 g/mol. The number of carbonyl (C=O) groups excluding carboxylic acids is 1. The topological polar surface area (TPSA) is 20.3 Å². The van der Waals surface area contributed by atoms with E-state index in [1.54, 1.807) is 16.2 Å². The molecule has 1 atom stereocenters. The van der Waals surface area contributed by atoms with Gasteiger partial charge in [0.1, 0.15) is 0 Å². The van der Waals surface area contributed by atoms with Crippen molar-refractivity contribution in [3.05, 3.63) is 32.9 Å². The second kappa shape index (κ2) is 3.51. The maximum atomic E-state index is 11.5. The molecule has 0 radical (unpaired) electrons. The Morgan fingerprint density at radius 3 is 2.79 bits per heavy atom. The second-order valence-electron chi connectivity index (χ2n) is 3.38. The van der Waals surface area contributed by atoms with Crippen LogP contribution in [0.15, 0.2) is 28.1 Å². The number of hydrogen-bond acceptors (Lipinski definition) is 2. The van der Waals surface area contributed by atoms with Crippen LogP contribution in [0.3, 0.4) is 0 Å². The largest absolute Gasteiger partial charge is 0.334 e. The summed E-state index contributed by atoms with van der Waals surface area (Å²) in [5.74, 6) is 0.0690. The van der Waals surface area contributed by atoms with Crippen LogP contribution in [0.1, 0.15) is 17.3 Å². The van der Waals surface area contributed by atoms with E-state index in [9.17, 15) is 4.79 Å². The monoisotopic (exact) mass is 271 g/mol. The van der Waals surface area contributed by atoms with Crippen molar-refractivity contribution >= 4 is 33.2 Å². The van der Waals surface area contributed by atoms with Gasteiger partial charge in [-0.25, -0.2) is 0 Å². The van der Waals surface area contributed by atoms with Gasteiger partial charge in [-0.05, 0) is 28.1 Å². The van der Waals surface area contributed by atoms with Crippen LogP contribution in [-0.2, 0) is 4.79 Å². The summed E-state index contributed by atoms with van der Waals surface area (Å²) in [5, 5.41) is 0. The third-order valence-corrected chi connectivity index (χ3v) is 4.18. The van der Waals surface area contributed by atoms with E-state index in [2.05, 4.69) is 28.6 Å². The highest BCUT2D eigenvalue weighted by atomic mass is 79.9. The van der Waals surface area contributed by atoms with Crippen LogP contribution in [0, 0.1) is 0 Å². The quantitative estimate of drug-likeness (QED) is 0.720. The van der Waals surface area contributed by atoms with Gasteiger partial charge >= 0.3 is 0 Å². The van der Waals surface area contributed by atoms with Crippen molar-refractivity contribution in [2.75, 3.05) is 7.05 Å². The number of rotatable bonds is 1. The zero-order chi connectivity index (χ0) is 10.3. The number of likely N-dealkylation sites (tertiary alicyclic amines) is 1. The molecule has 0 saturated carbocycles. The molecular formula is C10H10BrNOS. The molecule has 1 aromatic rings. The Morgan fingerprint density at radius 2 is 2.36 bits per heavy atom. The summed E-state index contributed by atoms with van der Waals surface area (Å²) in [6.45, 7) is 3.77. The standard InChI is InChI=1S/C10H10BrNOS/c1-6-5-7(12(2)10(6)13)8-3-4-9(11)14-8/h3-4,7H,1,5H2,2H3. The molecule has 0 aromatic carbocycles. The summed E-state index contributed by atoms with van der Waals surface area (Å²) >= 11 is 5.10. The van der Waals surface area contributed by atoms with Crippen molar-refractivity contribution in [2.45, 2.75) is 12.5 Å². The summed E-state index contributed by atoms with van der Waals surface area (Å²) < 4.78 is 1.10. The number of nitrogens with zero attached hydrogens (tertiary/aromatic N) is 1. The van der Waals surface area contributed by atoms with Crippen LogP contribution in [-0.4, -0.2) is 17.9 Å². The Kier molecular flexibility index (Phi) is 2.49. The van der Waals surface area contributed by atoms with Crippen molar-refractivity contribution in [1.29, 1.82) is 0 Å². The van der Waals surface area contributed by atoms with Crippen molar-refractivity contribution < 1.29 is 4.79 Å². The third-order valence-electron chi connectivity index (χ3n) is 2.45. The maximum Gasteiger partial charge on any atom is 0.249 e. The highest BCUT2D eigenvalue weighted by Gasteiger charge is 2.32. The van der Waals surface area contributed by atoms with Crippen molar-refractivity contribution in [3.63, 3.8) is 0 Å². The van der Waals surface area contributed by atoms with E-state index in [4.69, 9.17) is 0 Å². The first-order valence-electron chi connectivity index (χ1n) is 4.30. The molecule has 0 spiro atoms. The molecule has 2 heterocycles. The van der Waals surface area contributed by atoms with Crippen LogP contribution < -0.4 is 0 Å². The van der Waals surface area contributed by atoms with Gasteiger partial charge in [-0.1, -0.05) is 6.58 Å². The molecule has 1 fully saturated rings. The minimum atomic E-state index is 0.0690. The SMILES string of the molecule is C=C1CC(c2ccc(Br)s2)N(C)C1=O. The molecule has 0 N–H and O–H groups in total. The second-order valence-corrected chi connectivity index (χ2v) is 5.88. The van der Waals surface area contributed by atoms with Gasteiger partial charge in [0, 0.05) is 23.9 Å². The molecule has 2 nitrogen and oxygen atoms in total. The fourth-order valence-electron chi connectivity index (χ4n) is 1.65. The van der Waals surface area contributed by atoms with Crippen LogP contribution in [0.25, 0.3) is 0 Å². The highest BCUT2D eigenvalue weighted by Crippen LogP contribution is 2.38. The Bertz CT molecular complexity index is 399. The molecule has 1 amide bonds. The van der Waals surface area contributed by atoms with Gasteiger partial charge in [-0.2, -0.15) is 0 Å². The van der Waals surface area contributed by atoms with E-state index in [0.29, 0.717) is 5.57 Å². The van der Waals surface area contributed by atoms with Gasteiger partial charge in [0.2, 0.25) is 5.91 Å². The van der Waals surface area contributed by atoms with Crippen molar-refractivity contribution in [1.82, 2.24) is 4.90 Å². The van der Waals surface area contributed by atoms with Gasteiger partial charge in [-0.3, -0.25) is 4.79 Å². The van der Waals surface area contributed by atoms with Gasteiger partial charge in [0.05, 0.1) is 9.83 Å². The van der Waals surface area contributed by atoms with Crippen molar-refractivity contribution in [2.24, 2.45) is 0 Å². The Hall–Kier alpha value is -0.610. The number of halogens is 1. The molecule has 0 bridgehead atoms. The molecule has 1 aliphatic rings. The lowest BCUT2D eigenvalue weighted by atomic mass is 10.1. The molecule has 1 saturated heterocycles. The molecule has 1 aliphatic heterocycles. The van der Waals surface area contributed by atoms with Gasteiger partial charge in [-0.15, -0.1) is 11.3 Å². The predicted molar refractivity (Wildman–Crippen MR) is 61.3 cm³/mol. The fraction of sp³-hybridized carbons (Fsp3) is 0.300. The summed E-state index contributed by atoms with van der Waals surface area (Å²) in [6, 6.07) is 4.26. The Labute approximate surface area is 95.4 Å². The van der Waals surface area contributed by atoms with E-state index >= 15 is 0 Å². The third kappa shape index (κ3) is 1.53. The number of thiophene rings is 1. The lowest BCUT2D eigenvalue weighted by molar-refractivity contribution is -0.124. The molecule has 1 aromatic heterocycles. The molecule has 0 aliphatic carbocycles. The summed E-state index contributed by atoms with van der Waals surface area (Å²) in [6.07, 6.45) is 0.752. The van der Waals surface area contributed by atoms with Crippen LogP contribution in [0.5, 0.6) is 0 Å². The first-order chi connectivity index (χ1) is 6.59. The van der Waals surface area contributed by atoms with E-state index in [-0.39, 0.29) is 11.9 Å². The first-order valence-corrected chi connectivity index (χ1v) is 5.90. The predicted octanol–water partition coefficient (Wildman–Crippen LogP) is 2.97. The van der Waals surface area contributed by atoms with Crippen LogP contribution >= 0.6 is 27.3 Å². The molecule has 4 heteroatoms. The van der Waals surface area contributed by atoms with E-state index in [1.807, 2.05) is 13.1 Å². The summed E-state index contributed by atoms with van der Waals surface area (Å²) in [5.41, 5.74) is 0.710. The number of amides is 1. The minimum absolute atomic E-state index is 0.0690. The molecule has 2 rings (SSSR count). The van der Waals surface area contributed by atoms with Gasteiger partial charge in [0.25, 0.3) is 0 Å². The maximum absolute atomic E-state index is 11.5. The molecular weight excluding hydrogens is 262 g/mol. The fourth-order valence-corrected chi connectivity index (χ4v) is 3.22. The summed E-state index contributed by atoms with van der Waals surface area (Å²) in [7, 11) is 1.83. The first kappa shape index (κ1) is 9.93. The van der Waals surface area contributed by atoms with E-state index < -0.39 is 0 Å². The highest BCUT2D eigenvalue weighted by molar-refractivity contribution is 9.11. The Balaban J connectivity index is 2.29. The van der Waals surface area contributed by atoms with Crippen LogP contribution in [0.4, 0.5) is 0 Å². The lowest BCUT2D eigenvalue weighted by Crippen LogP contribution is -2.22. The molecule has 1 unspecified atom stereocenters.